The Bertz CT molecular complexity index is 827. The zero-order valence-corrected chi connectivity index (χ0v) is 18.8. The van der Waals surface area contributed by atoms with Gasteiger partial charge in [0.1, 0.15) is 6.04 Å². The summed E-state index contributed by atoms with van der Waals surface area (Å²) in [4.78, 5) is 27.7. The summed E-state index contributed by atoms with van der Waals surface area (Å²) in [6, 6.07) is 17.5. The van der Waals surface area contributed by atoms with Crippen LogP contribution >= 0.6 is 0 Å². The fourth-order valence-corrected chi connectivity index (χ4v) is 3.98. The van der Waals surface area contributed by atoms with Crippen molar-refractivity contribution < 1.29 is 9.59 Å². The third-order valence-electron chi connectivity index (χ3n) is 5.82. The number of piperidine rings is 1. The summed E-state index contributed by atoms with van der Waals surface area (Å²) in [6.45, 7) is 7.72. The maximum atomic E-state index is 12.7. The third-order valence-corrected chi connectivity index (χ3v) is 5.82. The van der Waals surface area contributed by atoms with Crippen molar-refractivity contribution in [3.63, 3.8) is 0 Å². The third kappa shape index (κ3) is 7.51. The van der Waals surface area contributed by atoms with Gasteiger partial charge in [0.05, 0.1) is 6.42 Å². The van der Waals surface area contributed by atoms with Crippen LogP contribution in [-0.2, 0) is 29.1 Å². The van der Waals surface area contributed by atoms with Crippen molar-refractivity contribution in [1.29, 1.82) is 0 Å². The molecule has 3 rings (SSSR count). The van der Waals surface area contributed by atoms with Gasteiger partial charge in [0.2, 0.25) is 11.8 Å². The van der Waals surface area contributed by atoms with E-state index in [-0.39, 0.29) is 24.2 Å². The van der Waals surface area contributed by atoms with Crippen LogP contribution in [0.5, 0.6) is 0 Å². The number of likely N-dealkylation sites (tertiary alicyclic amines) is 1. The van der Waals surface area contributed by atoms with E-state index in [0.29, 0.717) is 6.54 Å². The van der Waals surface area contributed by atoms with Gasteiger partial charge >= 0.3 is 0 Å². The average Bonchev–Trinajstić information content (AvgIpc) is 2.78. The Morgan fingerprint density at radius 2 is 1.52 bits per heavy atom. The van der Waals surface area contributed by atoms with Gasteiger partial charge in [-0.3, -0.25) is 14.5 Å². The van der Waals surface area contributed by atoms with Crippen LogP contribution in [0, 0.1) is 5.92 Å². The standard InChI is InChI=1S/C26H35N3O2/c1-20(2)25(28-24(30)17-21-9-5-3-6-10-21)26(31)27-18-22-11-13-23(14-12-22)19-29-15-7-4-8-16-29/h3,5-6,9-14,20,25H,4,7-8,15-19H2,1-2H3,(H,27,31)(H,28,30)/t25-/m0/s1. The van der Waals surface area contributed by atoms with Gasteiger partial charge in [0, 0.05) is 13.1 Å². The van der Waals surface area contributed by atoms with E-state index in [1.807, 2.05) is 44.2 Å². The molecule has 5 nitrogen and oxygen atoms in total. The number of nitrogens with zero attached hydrogens (tertiary/aromatic N) is 1. The Hall–Kier alpha value is -2.66. The van der Waals surface area contributed by atoms with Crippen LogP contribution in [0.2, 0.25) is 0 Å². The molecular formula is C26H35N3O2. The molecule has 2 aromatic carbocycles. The highest BCUT2D eigenvalue weighted by Gasteiger charge is 2.24. The molecule has 2 amide bonds. The molecule has 1 heterocycles. The molecule has 0 saturated carbocycles. The zero-order chi connectivity index (χ0) is 22.1. The number of rotatable bonds is 9. The van der Waals surface area contributed by atoms with Crippen molar-refractivity contribution in [2.24, 2.45) is 5.92 Å². The number of hydrogen-bond donors (Lipinski definition) is 2. The number of amides is 2. The van der Waals surface area contributed by atoms with Gasteiger partial charge < -0.3 is 10.6 Å². The van der Waals surface area contributed by atoms with E-state index in [1.54, 1.807) is 0 Å². The highest BCUT2D eigenvalue weighted by atomic mass is 16.2. The molecule has 0 radical (unpaired) electrons. The van der Waals surface area contributed by atoms with Crippen LogP contribution in [0.1, 0.15) is 49.8 Å². The molecule has 166 valence electrons. The molecule has 0 unspecified atom stereocenters. The first kappa shape index (κ1) is 23.0. The maximum Gasteiger partial charge on any atom is 0.243 e. The first-order valence-electron chi connectivity index (χ1n) is 11.4. The Balaban J connectivity index is 1.48. The lowest BCUT2D eigenvalue weighted by molar-refractivity contribution is -0.129. The van der Waals surface area contributed by atoms with E-state index in [1.165, 1.54) is 37.9 Å². The van der Waals surface area contributed by atoms with Crippen LogP contribution < -0.4 is 10.6 Å². The van der Waals surface area contributed by atoms with E-state index >= 15 is 0 Å². The van der Waals surface area contributed by atoms with E-state index in [4.69, 9.17) is 0 Å². The summed E-state index contributed by atoms with van der Waals surface area (Å²) in [6.07, 6.45) is 4.21. The first-order chi connectivity index (χ1) is 15.0. The SMILES string of the molecule is CC(C)[C@H](NC(=O)Cc1ccccc1)C(=O)NCc1ccc(CN2CCCCC2)cc1. The number of carbonyl (C=O) groups is 2. The lowest BCUT2D eigenvalue weighted by Gasteiger charge is -2.26. The molecule has 31 heavy (non-hydrogen) atoms. The van der Waals surface area contributed by atoms with Crippen molar-refractivity contribution >= 4 is 11.8 Å². The smallest absolute Gasteiger partial charge is 0.243 e. The predicted molar refractivity (Wildman–Crippen MR) is 124 cm³/mol. The van der Waals surface area contributed by atoms with Crippen LogP contribution in [0.25, 0.3) is 0 Å². The molecule has 2 aromatic rings. The summed E-state index contributed by atoms with van der Waals surface area (Å²) in [5.74, 6) is -0.275. The van der Waals surface area contributed by atoms with E-state index in [9.17, 15) is 9.59 Å². The Morgan fingerprint density at radius 3 is 2.16 bits per heavy atom. The van der Waals surface area contributed by atoms with Crippen molar-refractivity contribution in [3.8, 4) is 0 Å². The normalized spacial score (nSPS) is 15.5. The van der Waals surface area contributed by atoms with Gasteiger partial charge in [-0.1, -0.05) is 74.9 Å². The fraction of sp³-hybridized carbons (Fsp3) is 0.462. The second kappa shape index (κ2) is 11.7. The summed E-state index contributed by atoms with van der Waals surface area (Å²) in [7, 11) is 0. The first-order valence-corrected chi connectivity index (χ1v) is 11.4. The van der Waals surface area contributed by atoms with Crippen molar-refractivity contribution in [2.45, 2.75) is 58.7 Å². The molecule has 1 atom stereocenters. The van der Waals surface area contributed by atoms with Gasteiger partial charge in [0.25, 0.3) is 0 Å². The molecule has 0 aliphatic carbocycles. The highest BCUT2D eigenvalue weighted by molar-refractivity contribution is 5.88. The van der Waals surface area contributed by atoms with Gasteiger partial charge in [-0.15, -0.1) is 0 Å². The predicted octanol–water partition coefficient (Wildman–Crippen LogP) is 3.67. The minimum absolute atomic E-state index is 0.00615. The van der Waals surface area contributed by atoms with E-state index in [0.717, 1.165) is 17.7 Å². The molecule has 0 bridgehead atoms. The minimum atomic E-state index is -0.547. The van der Waals surface area contributed by atoms with Crippen molar-refractivity contribution in [2.75, 3.05) is 13.1 Å². The molecular weight excluding hydrogens is 386 g/mol. The maximum absolute atomic E-state index is 12.7. The van der Waals surface area contributed by atoms with E-state index in [2.05, 4.69) is 39.8 Å². The number of hydrogen-bond acceptors (Lipinski definition) is 3. The average molecular weight is 422 g/mol. The Morgan fingerprint density at radius 1 is 0.871 bits per heavy atom. The lowest BCUT2D eigenvalue weighted by atomic mass is 10.0. The van der Waals surface area contributed by atoms with Crippen LogP contribution in [0.4, 0.5) is 0 Å². The van der Waals surface area contributed by atoms with Gasteiger partial charge in [0.15, 0.2) is 0 Å². The van der Waals surface area contributed by atoms with Gasteiger partial charge in [-0.25, -0.2) is 0 Å². The fourth-order valence-electron chi connectivity index (χ4n) is 3.98. The van der Waals surface area contributed by atoms with Crippen LogP contribution in [-0.4, -0.2) is 35.8 Å². The lowest BCUT2D eigenvalue weighted by Crippen LogP contribution is -2.49. The molecule has 0 spiro atoms. The van der Waals surface area contributed by atoms with Crippen LogP contribution in [0.15, 0.2) is 54.6 Å². The second-order valence-electron chi connectivity index (χ2n) is 8.82. The minimum Gasteiger partial charge on any atom is -0.350 e. The Labute approximate surface area is 186 Å². The summed E-state index contributed by atoms with van der Waals surface area (Å²) >= 11 is 0. The van der Waals surface area contributed by atoms with Crippen molar-refractivity contribution in [3.05, 3.63) is 71.3 Å². The summed E-state index contributed by atoms with van der Waals surface area (Å²) < 4.78 is 0. The Kier molecular flexibility index (Phi) is 8.65. The monoisotopic (exact) mass is 421 g/mol. The topological polar surface area (TPSA) is 61.4 Å². The molecule has 5 heteroatoms. The zero-order valence-electron chi connectivity index (χ0n) is 18.8. The molecule has 1 aliphatic heterocycles. The number of nitrogens with one attached hydrogen (secondary N) is 2. The number of carbonyl (C=O) groups excluding carboxylic acids is 2. The van der Waals surface area contributed by atoms with Gasteiger partial charge in [-0.05, 0) is 48.5 Å². The molecule has 2 N–H and O–H groups in total. The molecule has 1 fully saturated rings. The van der Waals surface area contributed by atoms with Crippen LogP contribution in [0.3, 0.4) is 0 Å². The molecule has 1 saturated heterocycles. The summed E-state index contributed by atoms with van der Waals surface area (Å²) in [5, 5.41) is 5.89. The number of benzene rings is 2. The van der Waals surface area contributed by atoms with Gasteiger partial charge in [-0.2, -0.15) is 0 Å². The second-order valence-corrected chi connectivity index (χ2v) is 8.82. The molecule has 0 aromatic heterocycles. The highest BCUT2D eigenvalue weighted by Crippen LogP contribution is 2.14. The quantitative estimate of drug-likeness (QED) is 0.649. The van der Waals surface area contributed by atoms with Crippen molar-refractivity contribution in [1.82, 2.24) is 15.5 Å². The summed E-state index contributed by atoms with van der Waals surface area (Å²) in [5.41, 5.74) is 3.31. The molecule has 1 aliphatic rings. The largest absolute Gasteiger partial charge is 0.350 e. The van der Waals surface area contributed by atoms with E-state index < -0.39 is 6.04 Å².